The largest absolute Gasteiger partial charge is 0.383 e. The van der Waals surface area contributed by atoms with Crippen molar-refractivity contribution in [3.05, 3.63) is 106 Å². The summed E-state index contributed by atoms with van der Waals surface area (Å²) in [5.74, 6) is 1.48. The van der Waals surface area contributed by atoms with Gasteiger partial charge in [0.15, 0.2) is 17.3 Å². The van der Waals surface area contributed by atoms with E-state index >= 15 is 0 Å². The summed E-state index contributed by atoms with van der Waals surface area (Å²) in [7, 11) is 0. The molecule has 204 valence electrons. The van der Waals surface area contributed by atoms with Gasteiger partial charge in [-0.3, -0.25) is 9.36 Å². The van der Waals surface area contributed by atoms with E-state index in [-0.39, 0.29) is 0 Å². The molecule has 41 heavy (non-hydrogen) atoms. The summed E-state index contributed by atoms with van der Waals surface area (Å²) in [6.07, 6.45) is 10.2. The Bertz CT molecular complexity index is 1900. The lowest BCUT2D eigenvalue weighted by molar-refractivity contribution is 0.0999. The number of primary amides is 1. The third kappa shape index (κ3) is 5.19. The number of aromatic nitrogens is 7. The highest BCUT2D eigenvalue weighted by molar-refractivity contribution is 9.10. The third-order valence-electron chi connectivity index (χ3n) is 6.99. The van der Waals surface area contributed by atoms with Crippen LogP contribution in [0.5, 0.6) is 0 Å². The van der Waals surface area contributed by atoms with Crippen LogP contribution in [0.4, 0.5) is 5.82 Å². The van der Waals surface area contributed by atoms with Crippen LogP contribution in [0.3, 0.4) is 0 Å². The van der Waals surface area contributed by atoms with Crippen molar-refractivity contribution >= 4 is 38.8 Å². The lowest BCUT2D eigenvalue weighted by Gasteiger charge is -2.12. The van der Waals surface area contributed by atoms with Crippen molar-refractivity contribution < 1.29 is 4.79 Å². The first kappa shape index (κ1) is 26.3. The first-order chi connectivity index (χ1) is 19.9. The second-order valence-electron chi connectivity index (χ2n) is 9.66. The van der Waals surface area contributed by atoms with E-state index < -0.39 is 5.91 Å². The molecule has 0 radical (unpaired) electrons. The Morgan fingerprint density at radius 1 is 0.976 bits per heavy atom. The van der Waals surface area contributed by atoms with Gasteiger partial charge in [0.2, 0.25) is 0 Å². The fraction of sp³-hybridized carbons (Fsp3) is 0.133. The van der Waals surface area contributed by atoms with Gasteiger partial charge in [-0.1, -0.05) is 6.07 Å². The number of rotatable bonds is 4. The van der Waals surface area contributed by atoms with Gasteiger partial charge in [-0.15, -0.1) is 0 Å². The Morgan fingerprint density at radius 3 is 2.59 bits per heavy atom. The number of carbonyl (C=O) groups excluding carboxylic acids is 1. The van der Waals surface area contributed by atoms with Crippen molar-refractivity contribution in [1.29, 1.82) is 0 Å². The predicted molar refractivity (Wildman–Crippen MR) is 161 cm³/mol. The van der Waals surface area contributed by atoms with E-state index in [1.807, 2.05) is 43.5 Å². The molecule has 0 spiro atoms. The number of nitrogens with zero attached hydrogens (tertiary/aromatic N) is 7. The summed E-state index contributed by atoms with van der Waals surface area (Å²) in [5.41, 5.74) is 18.8. The summed E-state index contributed by atoms with van der Waals surface area (Å²) in [6.45, 7) is 1.81. The molecule has 5 aromatic heterocycles. The van der Waals surface area contributed by atoms with Crippen LogP contribution < -0.4 is 11.5 Å². The van der Waals surface area contributed by atoms with Gasteiger partial charge in [0.25, 0.3) is 5.91 Å². The molecule has 1 amide bonds. The zero-order valence-electron chi connectivity index (χ0n) is 22.2. The number of carbonyl (C=O) groups is 1. The number of nitrogen functional groups attached to an aromatic ring is 1. The number of fused-ring (bicyclic) bond motifs is 2. The molecular formula is C30H26BrN9O. The van der Waals surface area contributed by atoms with Gasteiger partial charge in [-0.2, -0.15) is 5.10 Å². The van der Waals surface area contributed by atoms with E-state index in [1.165, 1.54) is 23.7 Å². The van der Waals surface area contributed by atoms with E-state index in [0.717, 1.165) is 52.5 Å². The highest BCUT2D eigenvalue weighted by Crippen LogP contribution is 2.32. The third-order valence-corrected chi connectivity index (χ3v) is 7.43. The number of hydrogen-bond acceptors (Lipinski definition) is 7. The highest BCUT2D eigenvalue weighted by Gasteiger charge is 2.20. The minimum Gasteiger partial charge on any atom is -0.383 e. The smallest absolute Gasteiger partial charge is 0.250 e. The zero-order valence-corrected chi connectivity index (χ0v) is 23.8. The molecule has 5 heterocycles. The lowest BCUT2D eigenvalue weighted by Crippen LogP contribution is -2.12. The predicted octanol–water partition coefficient (Wildman–Crippen LogP) is 4.99. The molecule has 4 N–H and O–H groups in total. The number of imidazole rings is 1. The van der Waals surface area contributed by atoms with E-state index in [0.29, 0.717) is 16.0 Å². The van der Waals surface area contributed by atoms with Gasteiger partial charge in [0.1, 0.15) is 15.9 Å². The number of aryl methyl sites for hydroxylation is 3. The quantitative estimate of drug-likeness (QED) is 0.269. The molecule has 0 fully saturated rings. The maximum absolute atomic E-state index is 10.7. The van der Waals surface area contributed by atoms with Crippen LogP contribution in [0, 0.1) is 6.92 Å². The van der Waals surface area contributed by atoms with Gasteiger partial charge in [0, 0.05) is 30.5 Å². The summed E-state index contributed by atoms with van der Waals surface area (Å²) in [4.78, 5) is 28.6. The molecule has 0 bridgehead atoms. The van der Waals surface area contributed by atoms with Crippen LogP contribution in [0.25, 0.3) is 34.1 Å². The molecule has 1 aliphatic carbocycles. The topological polar surface area (TPSA) is 143 Å². The normalized spacial score (nSPS) is 12.1. The van der Waals surface area contributed by atoms with Crippen molar-refractivity contribution in [3.8, 4) is 22.9 Å². The minimum absolute atomic E-state index is 0.442. The molecule has 0 atom stereocenters. The Labute approximate surface area is 244 Å². The molecular weight excluding hydrogens is 582 g/mol. The molecule has 0 saturated heterocycles. The van der Waals surface area contributed by atoms with Gasteiger partial charge >= 0.3 is 0 Å². The Kier molecular flexibility index (Phi) is 7.02. The summed E-state index contributed by atoms with van der Waals surface area (Å²) < 4.78 is 4.53. The molecule has 7 rings (SSSR count). The van der Waals surface area contributed by atoms with Crippen LogP contribution >= 0.6 is 15.9 Å². The summed E-state index contributed by atoms with van der Waals surface area (Å²) >= 11 is 3.18. The Balaban J connectivity index is 0.000000233. The standard InChI is InChI=1S/C23H19N7.C7H7BrN2O/c24-21-18(6-2-11-25-21)22-27-19-9-10-20(29-13-3-12-26-29)28-23(19)30(22)17-8-7-15-4-1-5-16(15)14-17;1-4-2-6(8)10-3-5(4)7(9)11/h2-3,6-14H,1,4-5H2,(H2,24,25);2-3H,1H3,(H2,9,11). The van der Waals surface area contributed by atoms with Crippen molar-refractivity contribution in [3.63, 3.8) is 0 Å². The molecule has 0 saturated carbocycles. The van der Waals surface area contributed by atoms with Crippen molar-refractivity contribution in [2.75, 3.05) is 5.73 Å². The molecule has 0 aliphatic heterocycles. The lowest BCUT2D eigenvalue weighted by atomic mass is 10.1. The molecule has 0 unspecified atom stereocenters. The number of halogens is 1. The number of anilines is 1. The Morgan fingerprint density at radius 2 is 1.83 bits per heavy atom. The average molecular weight is 609 g/mol. The highest BCUT2D eigenvalue weighted by atomic mass is 79.9. The maximum atomic E-state index is 10.7. The number of benzene rings is 1. The zero-order chi connectivity index (χ0) is 28.5. The second-order valence-corrected chi connectivity index (χ2v) is 10.5. The van der Waals surface area contributed by atoms with Crippen LogP contribution in [0.1, 0.15) is 33.5 Å². The summed E-state index contributed by atoms with van der Waals surface area (Å²) in [5, 5.41) is 4.32. The average Bonchev–Trinajstić information content (AvgIpc) is 3.72. The molecule has 1 aromatic carbocycles. The van der Waals surface area contributed by atoms with Gasteiger partial charge in [-0.05, 0) is 107 Å². The number of hydrogen-bond donors (Lipinski definition) is 2. The number of amides is 1. The fourth-order valence-electron chi connectivity index (χ4n) is 4.99. The molecule has 1 aliphatic rings. The monoisotopic (exact) mass is 607 g/mol. The molecule has 6 aromatic rings. The first-order valence-electron chi connectivity index (χ1n) is 13.0. The SMILES string of the molecule is Cc1cc(Br)ncc1C(N)=O.Nc1ncccc1-c1nc2ccc(-n3cccn3)nc2n1-c1ccc2c(c1)CCC2. The number of nitrogens with two attached hydrogens (primary N) is 2. The van der Waals surface area contributed by atoms with Gasteiger partial charge in [0.05, 0.1) is 11.1 Å². The molecule has 10 nitrogen and oxygen atoms in total. The van der Waals surface area contributed by atoms with Crippen molar-refractivity contribution in [2.45, 2.75) is 26.2 Å². The van der Waals surface area contributed by atoms with Crippen LogP contribution in [-0.4, -0.2) is 40.2 Å². The van der Waals surface area contributed by atoms with Crippen molar-refractivity contribution in [2.24, 2.45) is 5.73 Å². The van der Waals surface area contributed by atoms with E-state index in [9.17, 15) is 4.79 Å². The fourth-order valence-corrected chi connectivity index (χ4v) is 5.43. The van der Waals surface area contributed by atoms with E-state index in [2.05, 4.69) is 53.8 Å². The Hall–Kier alpha value is -4.90. The van der Waals surface area contributed by atoms with E-state index in [4.69, 9.17) is 21.4 Å². The first-order valence-corrected chi connectivity index (χ1v) is 13.8. The molecule has 11 heteroatoms. The van der Waals surface area contributed by atoms with Gasteiger partial charge in [-0.25, -0.2) is 24.6 Å². The number of pyridine rings is 3. The van der Waals surface area contributed by atoms with Crippen LogP contribution in [-0.2, 0) is 12.8 Å². The maximum Gasteiger partial charge on any atom is 0.250 e. The van der Waals surface area contributed by atoms with Crippen LogP contribution in [0.2, 0.25) is 0 Å². The van der Waals surface area contributed by atoms with Crippen molar-refractivity contribution in [1.82, 2.24) is 34.3 Å². The van der Waals surface area contributed by atoms with Gasteiger partial charge < -0.3 is 11.5 Å². The minimum atomic E-state index is -0.442. The second kappa shape index (κ2) is 10.9. The summed E-state index contributed by atoms with van der Waals surface area (Å²) in [6, 6.07) is 18.0. The van der Waals surface area contributed by atoms with Crippen LogP contribution in [0.15, 0.2) is 84.0 Å². The van der Waals surface area contributed by atoms with E-state index in [1.54, 1.807) is 23.1 Å².